The van der Waals surface area contributed by atoms with Crippen LogP contribution in [0.5, 0.6) is 5.75 Å². The molecule has 4 heterocycles. The quantitative estimate of drug-likeness (QED) is 0.247. The molecule has 0 aliphatic carbocycles. The number of alkyl halides is 3. The third-order valence-corrected chi connectivity index (χ3v) is 7.83. The molecule has 0 bridgehead atoms. The van der Waals surface area contributed by atoms with Gasteiger partial charge >= 0.3 is 12.5 Å². The molecule has 0 radical (unpaired) electrons. The first kappa shape index (κ1) is 28.1. The lowest BCUT2D eigenvalue weighted by Gasteiger charge is -2.28. The first-order valence-corrected chi connectivity index (χ1v) is 13.5. The van der Waals surface area contributed by atoms with Crippen LogP contribution in [0.15, 0.2) is 36.5 Å². The van der Waals surface area contributed by atoms with Crippen molar-refractivity contribution in [1.29, 1.82) is 0 Å². The second-order valence-electron chi connectivity index (χ2n) is 9.78. The highest BCUT2D eigenvalue weighted by atomic mass is 32.1. The Balaban J connectivity index is 1.52. The minimum atomic E-state index is -4.95. The van der Waals surface area contributed by atoms with E-state index in [0.717, 1.165) is 23.1 Å². The number of halogens is 3. The summed E-state index contributed by atoms with van der Waals surface area (Å²) in [5, 5.41) is 17.1. The monoisotopic (exact) mass is 589 g/mol. The van der Waals surface area contributed by atoms with Gasteiger partial charge in [0.25, 0.3) is 5.91 Å². The Bertz CT molecular complexity index is 1610. The van der Waals surface area contributed by atoms with Crippen molar-refractivity contribution >= 4 is 45.3 Å². The van der Waals surface area contributed by atoms with Crippen LogP contribution in [0.1, 0.15) is 54.0 Å². The molecule has 0 spiro atoms. The number of nitrogens with zero attached hydrogens (tertiary/aromatic N) is 5. The van der Waals surface area contributed by atoms with Gasteiger partial charge in [-0.05, 0) is 32.8 Å². The highest BCUT2D eigenvalue weighted by Crippen LogP contribution is 2.43. The van der Waals surface area contributed by atoms with E-state index in [9.17, 15) is 27.9 Å². The first-order valence-electron chi connectivity index (χ1n) is 12.7. The minimum absolute atomic E-state index is 0.0109. The molecule has 1 aromatic carbocycles. The molecule has 5 rings (SSSR count). The predicted octanol–water partition coefficient (Wildman–Crippen LogP) is 5.73. The number of amides is 2. The number of anilines is 2. The van der Waals surface area contributed by atoms with E-state index in [1.807, 2.05) is 19.9 Å². The molecule has 0 saturated carbocycles. The lowest BCUT2D eigenvalue weighted by atomic mass is 9.94. The molecule has 1 fully saturated rings. The van der Waals surface area contributed by atoms with Crippen molar-refractivity contribution in [2.45, 2.75) is 45.0 Å². The van der Waals surface area contributed by atoms with Gasteiger partial charge in [-0.3, -0.25) is 4.79 Å². The van der Waals surface area contributed by atoms with Gasteiger partial charge in [0.1, 0.15) is 16.4 Å². The number of aromatic nitrogens is 4. The van der Waals surface area contributed by atoms with Gasteiger partial charge in [-0.15, -0.1) is 24.5 Å². The van der Waals surface area contributed by atoms with E-state index in [0.29, 0.717) is 36.4 Å². The zero-order chi connectivity index (χ0) is 29.5. The molecule has 3 aromatic heterocycles. The summed E-state index contributed by atoms with van der Waals surface area (Å²) in [6.07, 6.45) is -3.15. The van der Waals surface area contributed by atoms with Crippen molar-refractivity contribution in [3.8, 4) is 16.9 Å². The number of primary amides is 1. The number of ether oxygens (including phenoxy) is 1. The smallest absolute Gasteiger partial charge is 0.465 e. The zero-order valence-corrected chi connectivity index (χ0v) is 22.8. The molecular weight excluding hydrogens is 563 g/mol. The van der Waals surface area contributed by atoms with Gasteiger partial charge < -0.3 is 25.8 Å². The maximum Gasteiger partial charge on any atom is 0.573 e. The summed E-state index contributed by atoms with van der Waals surface area (Å²) in [7, 11) is 0. The molecule has 2 amide bonds. The van der Waals surface area contributed by atoms with Crippen LogP contribution in [0.3, 0.4) is 0 Å². The number of benzene rings is 1. The van der Waals surface area contributed by atoms with Crippen LogP contribution < -0.4 is 15.8 Å². The molecule has 41 heavy (non-hydrogen) atoms. The molecule has 15 heteroatoms. The Kier molecular flexibility index (Phi) is 7.46. The van der Waals surface area contributed by atoms with E-state index in [1.165, 1.54) is 29.3 Å². The molecule has 216 valence electrons. The fourth-order valence-electron chi connectivity index (χ4n) is 4.84. The topological polar surface area (TPSA) is 148 Å². The van der Waals surface area contributed by atoms with Gasteiger partial charge in [0.15, 0.2) is 0 Å². The van der Waals surface area contributed by atoms with E-state index >= 15 is 0 Å². The summed E-state index contributed by atoms with van der Waals surface area (Å²) in [5.41, 5.74) is 6.77. The van der Waals surface area contributed by atoms with Crippen molar-refractivity contribution in [1.82, 2.24) is 24.6 Å². The zero-order valence-electron chi connectivity index (χ0n) is 22.0. The standard InChI is InChI=1S/C26H26F3N7O4S/c1-13(2)36-19(11-16(34-36)14-7-9-35(10-8-14)25(38)39)32-24-31-12-18-21(33-24)20(22(41-18)23(30)37)15-5-3-4-6-17(15)40-26(27,28)29/h3-6,11-14H,7-10H2,1-2H3,(H2,30,37)(H,38,39)(H,31,32,33). The van der Waals surface area contributed by atoms with Crippen LogP contribution in [0.4, 0.5) is 29.7 Å². The van der Waals surface area contributed by atoms with Gasteiger partial charge in [0.05, 0.1) is 22.1 Å². The molecule has 1 saturated heterocycles. The van der Waals surface area contributed by atoms with Gasteiger partial charge in [0.2, 0.25) is 5.95 Å². The van der Waals surface area contributed by atoms with Crippen LogP contribution in [0, 0.1) is 0 Å². The molecule has 0 unspecified atom stereocenters. The number of nitrogens with two attached hydrogens (primary N) is 1. The molecule has 4 aromatic rings. The van der Waals surface area contributed by atoms with E-state index in [4.69, 9.17) is 10.8 Å². The largest absolute Gasteiger partial charge is 0.573 e. The fraction of sp³-hybridized carbons (Fsp3) is 0.346. The number of carbonyl (C=O) groups is 2. The Morgan fingerprint density at radius 1 is 1.22 bits per heavy atom. The first-order chi connectivity index (χ1) is 19.4. The predicted molar refractivity (Wildman–Crippen MR) is 146 cm³/mol. The number of carboxylic acid groups (broad SMARTS) is 1. The van der Waals surface area contributed by atoms with Crippen molar-refractivity contribution < 1.29 is 32.6 Å². The molecule has 4 N–H and O–H groups in total. The third-order valence-electron chi connectivity index (χ3n) is 6.70. The van der Waals surface area contributed by atoms with Crippen LogP contribution in [-0.4, -0.2) is 61.2 Å². The van der Waals surface area contributed by atoms with Crippen LogP contribution in [0.25, 0.3) is 21.3 Å². The highest BCUT2D eigenvalue weighted by Gasteiger charge is 2.33. The molecule has 11 nitrogen and oxygen atoms in total. The van der Waals surface area contributed by atoms with Crippen LogP contribution in [-0.2, 0) is 0 Å². The number of hydrogen-bond acceptors (Lipinski definition) is 8. The number of thiophene rings is 1. The summed E-state index contributed by atoms with van der Waals surface area (Å²) in [6, 6.07) is 7.29. The van der Waals surface area contributed by atoms with Crippen molar-refractivity contribution in [3.63, 3.8) is 0 Å². The van der Waals surface area contributed by atoms with Gasteiger partial charge in [0, 0.05) is 42.2 Å². The van der Waals surface area contributed by atoms with E-state index in [1.54, 1.807) is 4.68 Å². The van der Waals surface area contributed by atoms with E-state index < -0.39 is 24.1 Å². The van der Waals surface area contributed by atoms with Gasteiger partial charge in [-0.2, -0.15) is 5.10 Å². The number of likely N-dealkylation sites (tertiary alicyclic amines) is 1. The lowest BCUT2D eigenvalue weighted by Crippen LogP contribution is -2.36. The molecule has 1 aliphatic heterocycles. The average molecular weight is 590 g/mol. The minimum Gasteiger partial charge on any atom is -0.465 e. The third kappa shape index (κ3) is 5.89. The number of fused-ring (bicyclic) bond motifs is 1. The second-order valence-corrected chi connectivity index (χ2v) is 10.8. The van der Waals surface area contributed by atoms with Crippen molar-refractivity contribution in [3.05, 3.63) is 47.1 Å². The number of hydrogen-bond donors (Lipinski definition) is 3. The summed E-state index contributed by atoms with van der Waals surface area (Å²) < 4.78 is 45.9. The number of piperidine rings is 1. The van der Waals surface area contributed by atoms with Gasteiger partial charge in [-0.25, -0.2) is 19.4 Å². The van der Waals surface area contributed by atoms with Crippen LogP contribution >= 0.6 is 11.3 Å². The van der Waals surface area contributed by atoms with E-state index in [2.05, 4.69) is 20.0 Å². The summed E-state index contributed by atoms with van der Waals surface area (Å²) in [6.45, 7) is 4.74. The Hall–Kier alpha value is -4.40. The lowest BCUT2D eigenvalue weighted by molar-refractivity contribution is -0.274. The number of rotatable bonds is 7. The van der Waals surface area contributed by atoms with Crippen molar-refractivity contribution in [2.24, 2.45) is 5.73 Å². The average Bonchev–Trinajstić information content (AvgIpc) is 3.50. The maximum atomic E-state index is 13.2. The SMILES string of the molecule is CC(C)n1nc(C2CCN(C(=O)O)CC2)cc1Nc1ncc2sc(C(N)=O)c(-c3ccccc3OC(F)(F)F)c2n1. The Labute approximate surface area is 235 Å². The Morgan fingerprint density at radius 3 is 2.56 bits per heavy atom. The summed E-state index contributed by atoms with van der Waals surface area (Å²) in [4.78, 5) is 33.9. The normalized spacial score (nSPS) is 14.5. The Morgan fingerprint density at radius 2 is 1.93 bits per heavy atom. The summed E-state index contributed by atoms with van der Waals surface area (Å²) >= 11 is 0.974. The number of nitrogens with one attached hydrogen (secondary N) is 1. The maximum absolute atomic E-state index is 13.2. The second kappa shape index (κ2) is 10.9. The number of para-hydroxylation sites is 1. The summed E-state index contributed by atoms with van der Waals surface area (Å²) in [5.74, 6) is -0.526. The highest BCUT2D eigenvalue weighted by molar-refractivity contribution is 7.21. The number of carbonyl (C=O) groups excluding carboxylic acids is 1. The van der Waals surface area contributed by atoms with Gasteiger partial charge in [-0.1, -0.05) is 18.2 Å². The van der Waals surface area contributed by atoms with E-state index in [-0.39, 0.29) is 39.4 Å². The molecule has 0 atom stereocenters. The molecular formula is C26H26F3N7O4S. The van der Waals surface area contributed by atoms with Crippen molar-refractivity contribution in [2.75, 3.05) is 18.4 Å². The fourth-order valence-corrected chi connectivity index (χ4v) is 5.82. The molecule has 1 aliphatic rings. The van der Waals surface area contributed by atoms with Crippen LogP contribution in [0.2, 0.25) is 0 Å².